The predicted molar refractivity (Wildman–Crippen MR) is 71.8 cm³/mol. The summed E-state index contributed by atoms with van der Waals surface area (Å²) in [5.74, 6) is -0.527. The Hall–Kier alpha value is -2.08. The van der Waals surface area contributed by atoms with Gasteiger partial charge in [0.05, 0.1) is 19.4 Å². The van der Waals surface area contributed by atoms with Crippen molar-refractivity contribution >= 4 is 17.6 Å². The van der Waals surface area contributed by atoms with Crippen LogP contribution in [0.15, 0.2) is 12.1 Å². The Balaban J connectivity index is 1.96. The van der Waals surface area contributed by atoms with Gasteiger partial charge in [-0.25, -0.2) is 0 Å². The van der Waals surface area contributed by atoms with Crippen LogP contribution in [0.3, 0.4) is 0 Å². The number of nitrogens with one attached hydrogen (secondary N) is 2. The zero-order valence-electron chi connectivity index (χ0n) is 11.1. The van der Waals surface area contributed by atoms with Crippen LogP contribution in [0.5, 0.6) is 5.75 Å². The van der Waals surface area contributed by atoms with Gasteiger partial charge in [-0.2, -0.15) is 0 Å². The molecule has 106 valence electrons. The molecule has 1 aromatic carbocycles. The third-order valence-electron chi connectivity index (χ3n) is 3.93. The number of ether oxygens (including phenoxy) is 1. The van der Waals surface area contributed by atoms with E-state index < -0.39 is 5.97 Å². The van der Waals surface area contributed by atoms with Crippen molar-refractivity contribution in [3.8, 4) is 5.75 Å². The smallest absolute Gasteiger partial charge is 0.307 e. The lowest BCUT2D eigenvalue weighted by Gasteiger charge is -2.16. The Kier molecular flexibility index (Phi) is 3.10. The van der Waals surface area contributed by atoms with Crippen molar-refractivity contribution in [1.82, 2.24) is 5.32 Å². The molecule has 2 heterocycles. The van der Waals surface area contributed by atoms with Crippen LogP contribution < -0.4 is 15.4 Å². The van der Waals surface area contributed by atoms with E-state index in [1.54, 1.807) is 7.11 Å². The van der Waals surface area contributed by atoms with Crippen molar-refractivity contribution < 1.29 is 19.4 Å². The molecule has 2 atom stereocenters. The molecule has 0 bridgehead atoms. The number of carbonyl (C=O) groups excluding carboxylic acids is 1. The number of carbonyl (C=O) groups is 2. The highest BCUT2D eigenvalue weighted by atomic mass is 16.5. The van der Waals surface area contributed by atoms with Gasteiger partial charge in [-0.05, 0) is 29.7 Å². The first-order chi connectivity index (χ1) is 9.58. The summed E-state index contributed by atoms with van der Waals surface area (Å²) in [6.07, 6.45) is 0.861. The van der Waals surface area contributed by atoms with Crippen molar-refractivity contribution in [3.05, 3.63) is 23.3 Å². The highest BCUT2D eigenvalue weighted by Crippen LogP contribution is 2.39. The van der Waals surface area contributed by atoms with E-state index in [4.69, 9.17) is 9.84 Å². The molecule has 20 heavy (non-hydrogen) atoms. The van der Waals surface area contributed by atoms with Crippen molar-refractivity contribution in [1.29, 1.82) is 0 Å². The standard InChI is InChI=1S/C14H16N2O4/c1-20-9-2-7-4-12(17)16-13(7)10(5-9)11-3-8(6-15-11)14(18)19/h2,5,8,11,15H,3-4,6H2,1H3,(H,16,17)(H,18,19). The van der Waals surface area contributed by atoms with Crippen molar-refractivity contribution in [2.45, 2.75) is 18.9 Å². The Morgan fingerprint density at radius 1 is 1.45 bits per heavy atom. The van der Waals surface area contributed by atoms with Crippen LogP contribution in [0.25, 0.3) is 0 Å². The SMILES string of the molecule is COc1cc2c(c(C3CC(C(=O)O)CN3)c1)NC(=O)C2. The maximum atomic E-state index is 11.6. The summed E-state index contributed by atoms with van der Waals surface area (Å²) < 4.78 is 5.27. The Morgan fingerprint density at radius 2 is 2.25 bits per heavy atom. The van der Waals surface area contributed by atoms with E-state index in [0.717, 1.165) is 16.8 Å². The number of aliphatic carboxylic acids is 1. The molecule has 0 aromatic heterocycles. The van der Waals surface area contributed by atoms with Crippen LogP contribution in [-0.4, -0.2) is 30.6 Å². The van der Waals surface area contributed by atoms with Crippen LogP contribution in [0.4, 0.5) is 5.69 Å². The summed E-state index contributed by atoms with van der Waals surface area (Å²) in [5, 5.41) is 15.1. The Labute approximate surface area is 116 Å². The second kappa shape index (κ2) is 4.79. The minimum Gasteiger partial charge on any atom is -0.497 e. The molecule has 0 aliphatic carbocycles. The van der Waals surface area contributed by atoms with Gasteiger partial charge < -0.3 is 20.5 Å². The first-order valence-electron chi connectivity index (χ1n) is 6.55. The number of anilines is 1. The zero-order chi connectivity index (χ0) is 14.3. The number of rotatable bonds is 3. The average Bonchev–Trinajstić information content (AvgIpc) is 3.02. The number of carboxylic acids is 1. The number of fused-ring (bicyclic) bond motifs is 1. The molecule has 3 rings (SSSR count). The monoisotopic (exact) mass is 276 g/mol. The molecule has 3 N–H and O–H groups in total. The summed E-state index contributed by atoms with van der Waals surface area (Å²) >= 11 is 0. The fourth-order valence-electron chi connectivity index (χ4n) is 2.90. The van der Waals surface area contributed by atoms with Crippen LogP contribution in [0.1, 0.15) is 23.6 Å². The lowest BCUT2D eigenvalue weighted by atomic mass is 9.96. The van der Waals surface area contributed by atoms with E-state index in [1.165, 1.54) is 0 Å². The van der Waals surface area contributed by atoms with Crippen LogP contribution >= 0.6 is 0 Å². The van der Waals surface area contributed by atoms with Gasteiger partial charge in [0.25, 0.3) is 0 Å². The lowest BCUT2D eigenvalue weighted by Crippen LogP contribution is -2.17. The highest BCUT2D eigenvalue weighted by molar-refractivity contribution is 6.00. The minimum absolute atomic E-state index is 0.0396. The molecule has 2 unspecified atom stereocenters. The van der Waals surface area contributed by atoms with E-state index in [2.05, 4.69) is 10.6 Å². The van der Waals surface area contributed by atoms with Crippen LogP contribution in [-0.2, 0) is 16.0 Å². The molecule has 1 aromatic rings. The predicted octanol–water partition coefficient (Wildman–Crippen LogP) is 0.925. The first-order valence-corrected chi connectivity index (χ1v) is 6.55. The minimum atomic E-state index is -0.788. The number of carboxylic acid groups (broad SMARTS) is 1. The van der Waals surface area contributed by atoms with E-state index >= 15 is 0 Å². The second-order valence-corrected chi connectivity index (χ2v) is 5.21. The quantitative estimate of drug-likeness (QED) is 0.764. The third kappa shape index (κ3) is 2.12. The molecule has 0 radical (unpaired) electrons. The van der Waals surface area contributed by atoms with E-state index in [0.29, 0.717) is 25.1 Å². The number of hydrogen-bond donors (Lipinski definition) is 3. The van der Waals surface area contributed by atoms with Gasteiger partial charge in [0.15, 0.2) is 0 Å². The molecule has 6 nitrogen and oxygen atoms in total. The topological polar surface area (TPSA) is 87.7 Å². The van der Waals surface area contributed by atoms with E-state index in [1.807, 2.05) is 12.1 Å². The van der Waals surface area contributed by atoms with E-state index in [9.17, 15) is 9.59 Å². The van der Waals surface area contributed by atoms with Gasteiger partial charge in [-0.15, -0.1) is 0 Å². The summed E-state index contributed by atoms with van der Waals surface area (Å²) in [4.78, 5) is 22.6. The normalized spacial score (nSPS) is 24.4. The largest absolute Gasteiger partial charge is 0.497 e. The summed E-state index contributed by atoms with van der Waals surface area (Å²) in [6.45, 7) is 0.444. The first kappa shape index (κ1) is 12.9. The summed E-state index contributed by atoms with van der Waals surface area (Å²) in [7, 11) is 1.58. The maximum absolute atomic E-state index is 11.6. The highest BCUT2D eigenvalue weighted by Gasteiger charge is 2.33. The second-order valence-electron chi connectivity index (χ2n) is 5.21. The van der Waals surface area contributed by atoms with Crippen molar-refractivity contribution in [2.75, 3.05) is 19.0 Å². The van der Waals surface area contributed by atoms with Gasteiger partial charge in [-0.1, -0.05) is 0 Å². The number of methoxy groups -OCH3 is 1. The molecular weight excluding hydrogens is 260 g/mol. The Morgan fingerprint density at radius 3 is 2.90 bits per heavy atom. The molecule has 0 spiro atoms. The van der Waals surface area contributed by atoms with Gasteiger partial charge in [0, 0.05) is 18.3 Å². The molecular formula is C14H16N2O4. The van der Waals surface area contributed by atoms with Crippen molar-refractivity contribution in [3.63, 3.8) is 0 Å². The molecule has 1 fully saturated rings. The van der Waals surface area contributed by atoms with Gasteiger partial charge in [-0.3, -0.25) is 9.59 Å². The van der Waals surface area contributed by atoms with Crippen LogP contribution in [0.2, 0.25) is 0 Å². The Bertz CT molecular complexity index is 585. The molecule has 2 aliphatic rings. The third-order valence-corrected chi connectivity index (χ3v) is 3.93. The molecule has 1 saturated heterocycles. The lowest BCUT2D eigenvalue weighted by molar-refractivity contribution is -0.141. The number of hydrogen-bond acceptors (Lipinski definition) is 4. The molecule has 1 amide bonds. The number of benzene rings is 1. The van der Waals surface area contributed by atoms with Crippen LogP contribution in [0, 0.1) is 5.92 Å². The number of amides is 1. The van der Waals surface area contributed by atoms with Gasteiger partial charge in [0.1, 0.15) is 5.75 Å². The molecule has 6 heteroatoms. The summed E-state index contributed by atoms with van der Waals surface area (Å²) in [6, 6.07) is 3.64. The van der Waals surface area contributed by atoms with E-state index in [-0.39, 0.29) is 17.9 Å². The molecule has 2 aliphatic heterocycles. The fraction of sp³-hybridized carbons (Fsp3) is 0.429. The van der Waals surface area contributed by atoms with Gasteiger partial charge >= 0.3 is 5.97 Å². The zero-order valence-corrected chi connectivity index (χ0v) is 11.1. The van der Waals surface area contributed by atoms with Gasteiger partial charge in [0.2, 0.25) is 5.91 Å². The average molecular weight is 276 g/mol. The molecule has 0 saturated carbocycles. The maximum Gasteiger partial charge on any atom is 0.307 e. The fourth-order valence-corrected chi connectivity index (χ4v) is 2.90. The summed E-state index contributed by atoms with van der Waals surface area (Å²) in [5.41, 5.74) is 2.62. The van der Waals surface area contributed by atoms with Crippen molar-refractivity contribution in [2.24, 2.45) is 5.92 Å².